The highest BCUT2D eigenvalue weighted by molar-refractivity contribution is 14.1. The maximum absolute atomic E-state index is 2.53. The van der Waals surface area contributed by atoms with Gasteiger partial charge in [-0.3, -0.25) is 0 Å². The number of benzene rings is 4. The van der Waals surface area contributed by atoms with E-state index in [-0.39, 0.29) is 5.41 Å². The van der Waals surface area contributed by atoms with Crippen LogP contribution in [-0.2, 0) is 5.41 Å². The third kappa shape index (κ3) is 1.88. The maximum atomic E-state index is 2.53. The first-order valence-electron chi connectivity index (χ1n) is 9.02. The molecule has 1 spiro atoms. The van der Waals surface area contributed by atoms with Crippen LogP contribution in [-0.4, -0.2) is 0 Å². The standard InChI is InChI=1S/C25H14I2/c26-22-14-13-21-23(24(22)27)17-9-3-6-12-20(17)25(21)18-10-4-1-7-15(18)16-8-2-5-11-19(16)25/h1-14H. The smallest absolute Gasteiger partial charge is 0.0619 e. The summed E-state index contributed by atoms with van der Waals surface area (Å²) in [5, 5.41) is 0. The monoisotopic (exact) mass is 568 g/mol. The van der Waals surface area contributed by atoms with Crippen LogP contribution in [0.25, 0.3) is 22.3 Å². The largest absolute Gasteiger partial charge is 0.0725 e. The summed E-state index contributed by atoms with van der Waals surface area (Å²) in [7, 11) is 0. The molecule has 6 rings (SSSR count). The molecule has 0 heterocycles. The van der Waals surface area contributed by atoms with E-state index < -0.39 is 0 Å². The molecule has 4 aromatic rings. The zero-order valence-corrected chi connectivity index (χ0v) is 18.7. The lowest BCUT2D eigenvalue weighted by Gasteiger charge is -2.30. The normalized spacial score (nSPS) is 14.6. The second-order valence-corrected chi connectivity index (χ2v) is 9.41. The zero-order chi connectivity index (χ0) is 18.2. The first-order valence-corrected chi connectivity index (χ1v) is 11.2. The summed E-state index contributed by atoms with van der Waals surface area (Å²) in [6.45, 7) is 0. The van der Waals surface area contributed by atoms with E-state index in [1.54, 1.807) is 0 Å². The van der Waals surface area contributed by atoms with Gasteiger partial charge in [0.05, 0.1) is 5.41 Å². The Bertz CT molecular complexity index is 1210. The van der Waals surface area contributed by atoms with Crippen LogP contribution in [0.1, 0.15) is 22.3 Å². The van der Waals surface area contributed by atoms with Gasteiger partial charge in [-0.05, 0) is 90.2 Å². The van der Waals surface area contributed by atoms with E-state index in [9.17, 15) is 0 Å². The Balaban J connectivity index is 1.89. The fourth-order valence-corrected chi connectivity index (χ4v) is 6.33. The van der Waals surface area contributed by atoms with E-state index in [1.165, 1.54) is 51.6 Å². The quantitative estimate of drug-likeness (QED) is 0.170. The van der Waals surface area contributed by atoms with E-state index in [0.717, 1.165) is 0 Å². The van der Waals surface area contributed by atoms with Crippen molar-refractivity contribution in [1.82, 2.24) is 0 Å². The molecule has 0 unspecified atom stereocenters. The van der Waals surface area contributed by atoms with Crippen LogP contribution in [0.2, 0.25) is 0 Å². The predicted molar refractivity (Wildman–Crippen MR) is 128 cm³/mol. The topological polar surface area (TPSA) is 0 Å². The number of hydrogen-bond acceptors (Lipinski definition) is 0. The molecule has 2 aliphatic rings. The Morgan fingerprint density at radius 2 is 0.963 bits per heavy atom. The molecule has 2 aliphatic carbocycles. The number of hydrogen-bond donors (Lipinski definition) is 0. The Labute approximate surface area is 185 Å². The van der Waals surface area contributed by atoms with Gasteiger partial charge in [-0.25, -0.2) is 0 Å². The van der Waals surface area contributed by atoms with E-state index in [0.29, 0.717) is 0 Å². The van der Waals surface area contributed by atoms with E-state index in [1.807, 2.05) is 0 Å². The van der Waals surface area contributed by atoms with Gasteiger partial charge in [0.25, 0.3) is 0 Å². The highest BCUT2D eigenvalue weighted by atomic mass is 127. The summed E-state index contributed by atoms with van der Waals surface area (Å²) >= 11 is 4.99. The minimum absolute atomic E-state index is 0.205. The molecule has 27 heavy (non-hydrogen) atoms. The molecule has 0 saturated carbocycles. The third-order valence-electron chi connectivity index (χ3n) is 6.05. The average Bonchev–Trinajstić information content (AvgIpc) is 3.18. The van der Waals surface area contributed by atoms with Crippen molar-refractivity contribution in [3.63, 3.8) is 0 Å². The Morgan fingerprint density at radius 1 is 0.481 bits per heavy atom. The second-order valence-electron chi connectivity index (χ2n) is 7.17. The summed E-state index contributed by atoms with van der Waals surface area (Å²) in [4.78, 5) is 0. The SMILES string of the molecule is Ic1ccc2c(c1I)-c1ccccc1C21c2ccccc2-c2ccccc21. The van der Waals surface area contributed by atoms with Gasteiger partial charge in [-0.2, -0.15) is 0 Å². The van der Waals surface area contributed by atoms with Gasteiger partial charge in [-0.15, -0.1) is 0 Å². The van der Waals surface area contributed by atoms with Crippen molar-refractivity contribution < 1.29 is 0 Å². The molecule has 0 amide bonds. The van der Waals surface area contributed by atoms with Gasteiger partial charge < -0.3 is 0 Å². The Hall–Kier alpha value is -1.66. The molecule has 128 valence electrons. The second kappa shape index (κ2) is 5.67. The molecule has 0 fully saturated rings. The summed E-state index contributed by atoms with van der Waals surface area (Å²) in [6, 6.07) is 31.5. The molecule has 0 aliphatic heterocycles. The minimum atomic E-state index is -0.205. The lowest BCUT2D eigenvalue weighted by Crippen LogP contribution is -2.25. The number of rotatable bonds is 0. The Kier molecular flexibility index (Phi) is 3.43. The minimum Gasteiger partial charge on any atom is -0.0619 e. The van der Waals surface area contributed by atoms with Gasteiger partial charge in [0, 0.05) is 12.7 Å². The summed E-state index contributed by atoms with van der Waals surface area (Å²) < 4.78 is 2.68. The van der Waals surface area contributed by atoms with Crippen molar-refractivity contribution in [2.75, 3.05) is 0 Å². The highest BCUT2D eigenvalue weighted by Crippen LogP contribution is 2.63. The summed E-state index contributed by atoms with van der Waals surface area (Å²) in [6.07, 6.45) is 0. The van der Waals surface area contributed by atoms with Crippen molar-refractivity contribution >= 4 is 45.2 Å². The molecule has 0 saturated heterocycles. The number of halogens is 2. The first kappa shape index (κ1) is 16.3. The number of fused-ring (bicyclic) bond motifs is 10. The molecule has 0 aromatic heterocycles. The predicted octanol–water partition coefficient (Wildman–Crippen LogP) is 7.24. The molecule has 0 nitrogen and oxygen atoms in total. The molecule has 0 N–H and O–H groups in total. The maximum Gasteiger partial charge on any atom is 0.0725 e. The van der Waals surface area contributed by atoms with Crippen molar-refractivity contribution in [3.8, 4) is 22.3 Å². The molecule has 0 radical (unpaired) electrons. The molecule has 0 atom stereocenters. The van der Waals surface area contributed by atoms with Crippen LogP contribution in [0.3, 0.4) is 0 Å². The molecular formula is C25H14I2. The van der Waals surface area contributed by atoms with Crippen LogP contribution in [0.4, 0.5) is 0 Å². The molecule has 0 bridgehead atoms. The summed E-state index contributed by atoms with van der Waals surface area (Å²) in [5.74, 6) is 0. The highest BCUT2D eigenvalue weighted by Gasteiger charge is 2.51. The van der Waals surface area contributed by atoms with E-state index >= 15 is 0 Å². The van der Waals surface area contributed by atoms with Crippen molar-refractivity contribution in [2.45, 2.75) is 5.41 Å². The van der Waals surface area contributed by atoms with Crippen molar-refractivity contribution in [1.29, 1.82) is 0 Å². The van der Waals surface area contributed by atoms with Crippen LogP contribution < -0.4 is 0 Å². The fraction of sp³-hybridized carbons (Fsp3) is 0.0400. The van der Waals surface area contributed by atoms with Gasteiger partial charge in [0.15, 0.2) is 0 Å². The average molecular weight is 568 g/mol. The van der Waals surface area contributed by atoms with Crippen LogP contribution in [0, 0.1) is 7.14 Å². The first-order chi connectivity index (χ1) is 13.2. The van der Waals surface area contributed by atoms with Crippen LogP contribution in [0.15, 0.2) is 84.9 Å². The molecular weight excluding hydrogens is 554 g/mol. The van der Waals surface area contributed by atoms with E-state index in [4.69, 9.17) is 0 Å². The molecule has 2 heteroatoms. The molecule has 4 aromatic carbocycles. The van der Waals surface area contributed by atoms with Crippen LogP contribution >= 0.6 is 45.2 Å². The van der Waals surface area contributed by atoms with Crippen LogP contribution in [0.5, 0.6) is 0 Å². The lowest BCUT2D eigenvalue weighted by atomic mass is 9.70. The lowest BCUT2D eigenvalue weighted by molar-refractivity contribution is 0.793. The van der Waals surface area contributed by atoms with Gasteiger partial charge in [0.1, 0.15) is 0 Å². The van der Waals surface area contributed by atoms with Crippen molar-refractivity contribution in [3.05, 3.63) is 114 Å². The van der Waals surface area contributed by atoms with Gasteiger partial charge in [-0.1, -0.05) is 78.9 Å². The third-order valence-corrected chi connectivity index (χ3v) is 9.10. The zero-order valence-electron chi connectivity index (χ0n) is 14.3. The Morgan fingerprint density at radius 3 is 1.56 bits per heavy atom. The van der Waals surface area contributed by atoms with Crippen molar-refractivity contribution in [2.24, 2.45) is 0 Å². The van der Waals surface area contributed by atoms with Gasteiger partial charge >= 0.3 is 0 Å². The summed E-state index contributed by atoms with van der Waals surface area (Å²) in [5.41, 5.74) is 11.0. The fourth-order valence-electron chi connectivity index (χ4n) is 5.12. The van der Waals surface area contributed by atoms with Gasteiger partial charge in [0.2, 0.25) is 0 Å². The van der Waals surface area contributed by atoms with E-state index in [2.05, 4.69) is 130 Å².